The second-order valence-electron chi connectivity index (χ2n) is 6.58. The molecule has 8 nitrogen and oxygen atoms in total. The molecule has 0 aromatic heterocycles. The first-order valence-electron chi connectivity index (χ1n) is 8.78. The molecule has 5 N–H and O–H groups in total. The van der Waals surface area contributed by atoms with Crippen LogP contribution in [0.2, 0.25) is 0 Å². The topological polar surface area (TPSA) is 137 Å². The second kappa shape index (κ2) is 8.68. The van der Waals surface area contributed by atoms with Gasteiger partial charge >= 0.3 is 5.97 Å². The Labute approximate surface area is 161 Å². The van der Waals surface area contributed by atoms with Crippen LogP contribution >= 0.6 is 0 Å². The minimum Gasteiger partial charge on any atom is -0.481 e. The molecule has 1 aliphatic rings. The number of carbonyl (C=O) groups is 1. The van der Waals surface area contributed by atoms with Crippen molar-refractivity contribution in [2.75, 3.05) is 6.61 Å². The zero-order valence-corrected chi connectivity index (χ0v) is 14.9. The molecule has 0 saturated carbocycles. The molecule has 0 radical (unpaired) electrons. The highest BCUT2D eigenvalue weighted by atomic mass is 16.7. The average Bonchev–Trinajstić information content (AvgIpc) is 2.68. The molecule has 3 rings (SSSR count). The third kappa shape index (κ3) is 4.32. The summed E-state index contributed by atoms with van der Waals surface area (Å²) in [5, 5.41) is 48.3. The number of aliphatic carboxylic acids is 1. The van der Waals surface area contributed by atoms with E-state index < -0.39 is 43.3 Å². The summed E-state index contributed by atoms with van der Waals surface area (Å²) in [4.78, 5) is 11.0. The second-order valence-corrected chi connectivity index (χ2v) is 6.58. The summed E-state index contributed by atoms with van der Waals surface area (Å²) in [7, 11) is 0. The molecule has 0 spiro atoms. The van der Waals surface area contributed by atoms with E-state index >= 15 is 0 Å². The Balaban J connectivity index is 1.88. The van der Waals surface area contributed by atoms with E-state index in [1.165, 1.54) is 0 Å². The van der Waals surface area contributed by atoms with Crippen molar-refractivity contribution in [1.82, 2.24) is 0 Å². The Bertz CT molecular complexity index is 821. The molecule has 0 aliphatic carbocycles. The first-order chi connectivity index (χ1) is 13.4. The lowest BCUT2D eigenvalue weighted by Crippen LogP contribution is -2.60. The maximum absolute atomic E-state index is 11.0. The van der Waals surface area contributed by atoms with Gasteiger partial charge in [0.25, 0.3) is 0 Å². The van der Waals surface area contributed by atoms with Gasteiger partial charge in [0.15, 0.2) is 0 Å². The maximum atomic E-state index is 11.0. The molecule has 1 fully saturated rings. The third-order valence-electron chi connectivity index (χ3n) is 4.57. The highest BCUT2D eigenvalue weighted by molar-refractivity contribution is 5.74. The van der Waals surface area contributed by atoms with E-state index in [0.717, 1.165) is 0 Å². The number of hydrogen-bond acceptors (Lipinski definition) is 7. The van der Waals surface area contributed by atoms with Crippen molar-refractivity contribution in [3.05, 3.63) is 54.1 Å². The predicted molar refractivity (Wildman–Crippen MR) is 97.6 cm³/mol. The zero-order chi connectivity index (χ0) is 20.3. The van der Waals surface area contributed by atoms with Gasteiger partial charge in [0, 0.05) is 5.56 Å². The number of aliphatic hydroxyl groups is 4. The summed E-state index contributed by atoms with van der Waals surface area (Å²) in [6, 6.07) is 13.9. The minimum absolute atomic E-state index is 0.121. The molecule has 5 atom stereocenters. The number of rotatable bonds is 6. The maximum Gasteiger partial charge on any atom is 0.307 e. The molecule has 0 bridgehead atoms. The lowest BCUT2D eigenvalue weighted by Gasteiger charge is -2.39. The molecule has 2 aromatic carbocycles. The lowest BCUT2D eigenvalue weighted by atomic mass is 9.99. The molecular formula is C20H22O8. The van der Waals surface area contributed by atoms with Crippen molar-refractivity contribution >= 4 is 5.97 Å². The number of aliphatic hydroxyl groups excluding tert-OH is 4. The monoisotopic (exact) mass is 390 g/mol. The van der Waals surface area contributed by atoms with Crippen LogP contribution in [-0.2, 0) is 16.0 Å². The summed E-state index contributed by atoms with van der Waals surface area (Å²) in [5.41, 5.74) is 1.96. The third-order valence-corrected chi connectivity index (χ3v) is 4.57. The first kappa shape index (κ1) is 20.2. The molecule has 0 amide bonds. The van der Waals surface area contributed by atoms with Crippen molar-refractivity contribution in [3.63, 3.8) is 0 Å². The van der Waals surface area contributed by atoms with Crippen LogP contribution in [0.25, 0.3) is 11.1 Å². The molecule has 1 aliphatic heterocycles. The van der Waals surface area contributed by atoms with E-state index in [2.05, 4.69) is 0 Å². The van der Waals surface area contributed by atoms with E-state index in [4.69, 9.17) is 14.6 Å². The summed E-state index contributed by atoms with van der Waals surface area (Å²) in [5.74, 6) is -0.609. The molecule has 2 aromatic rings. The van der Waals surface area contributed by atoms with Gasteiger partial charge in [0.2, 0.25) is 6.29 Å². The fourth-order valence-electron chi connectivity index (χ4n) is 3.12. The van der Waals surface area contributed by atoms with Gasteiger partial charge in [0.1, 0.15) is 30.2 Å². The van der Waals surface area contributed by atoms with Crippen molar-refractivity contribution in [2.45, 2.75) is 37.1 Å². The number of benzene rings is 2. The van der Waals surface area contributed by atoms with Crippen molar-refractivity contribution < 1.29 is 39.8 Å². The van der Waals surface area contributed by atoms with E-state index in [9.17, 15) is 25.2 Å². The van der Waals surface area contributed by atoms with E-state index in [1.54, 1.807) is 48.5 Å². The van der Waals surface area contributed by atoms with E-state index in [1.807, 2.05) is 0 Å². The molecule has 1 saturated heterocycles. The van der Waals surface area contributed by atoms with Gasteiger partial charge in [-0.05, 0) is 17.2 Å². The first-order valence-corrected chi connectivity index (χ1v) is 8.78. The molecule has 150 valence electrons. The lowest BCUT2D eigenvalue weighted by molar-refractivity contribution is -0.277. The fourth-order valence-corrected chi connectivity index (χ4v) is 3.12. The Hall–Kier alpha value is -2.49. The minimum atomic E-state index is -1.54. The van der Waals surface area contributed by atoms with Crippen molar-refractivity contribution in [3.8, 4) is 16.9 Å². The standard InChI is InChI=1S/C20H22O8/c21-10-15-17(24)18(25)19(26)20(28-15)27-14-7-2-1-6-13(14)12-5-3-4-11(8-12)9-16(22)23/h1-8,15,17-21,24-26H,9-10H2,(H,22,23)/t15-,17-,18+,19+,20-/m1/s1. The average molecular weight is 390 g/mol. The van der Waals surface area contributed by atoms with Crippen LogP contribution in [0.4, 0.5) is 0 Å². The van der Waals surface area contributed by atoms with Gasteiger partial charge in [-0.15, -0.1) is 0 Å². The van der Waals surface area contributed by atoms with Gasteiger partial charge in [-0.2, -0.15) is 0 Å². The Morgan fingerprint density at radius 1 is 1.00 bits per heavy atom. The van der Waals surface area contributed by atoms with Gasteiger partial charge in [-0.3, -0.25) is 4.79 Å². The molecular weight excluding hydrogens is 368 g/mol. The number of ether oxygens (including phenoxy) is 2. The molecule has 0 unspecified atom stereocenters. The van der Waals surface area contributed by atoms with E-state index in [0.29, 0.717) is 22.4 Å². The number of para-hydroxylation sites is 1. The number of carboxylic acids is 1. The zero-order valence-electron chi connectivity index (χ0n) is 14.9. The highest BCUT2D eigenvalue weighted by Gasteiger charge is 2.44. The van der Waals surface area contributed by atoms with Crippen LogP contribution in [0.5, 0.6) is 5.75 Å². The van der Waals surface area contributed by atoms with Crippen LogP contribution < -0.4 is 4.74 Å². The van der Waals surface area contributed by atoms with Gasteiger partial charge < -0.3 is 35.0 Å². The summed E-state index contributed by atoms with van der Waals surface area (Å²) >= 11 is 0. The summed E-state index contributed by atoms with van der Waals surface area (Å²) in [6.45, 7) is -0.552. The van der Waals surface area contributed by atoms with Gasteiger partial charge in [0.05, 0.1) is 13.0 Å². The van der Waals surface area contributed by atoms with Crippen molar-refractivity contribution in [2.24, 2.45) is 0 Å². The largest absolute Gasteiger partial charge is 0.481 e. The van der Waals surface area contributed by atoms with Gasteiger partial charge in [-0.25, -0.2) is 0 Å². The highest BCUT2D eigenvalue weighted by Crippen LogP contribution is 2.33. The smallest absolute Gasteiger partial charge is 0.307 e. The number of carboxylic acid groups (broad SMARTS) is 1. The number of hydrogen-bond donors (Lipinski definition) is 5. The molecule has 8 heteroatoms. The Morgan fingerprint density at radius 2 is 1.75 bits per heavy atom. The van der Waals surface area contributed by atoms with Crippen LogP contribution in [-0.4, -0.2) is 68.8 Å². The normalized spacial score (nSPS) is 27.4. The Kier molecular flexibility index (Phi) is 6.28. The summed E-state index contributed by atoms with van der Waals surface area (Å²) < 4.78 is 11.1. The Morgan fingerprint density at radius 3 is 2.46 bits per heavy atom. The van der Waals surface area contributed by atoms with Crippen LogP contribution in [0.3, 0.4) is 0 Å². The van der Waals surface area contributed by atoms with E-state index in [-0.39, 0.29) is 6.42 Å². The SMILES string of the molecule is O=C(O)Cc1cccc(-c2ccccc2O[C@@H]2O[C@H](CO)[C@@H](O)[C@H](O)[C@@H]2O)c1. The fraction of sp³-hybridized carbons (Fsp3) is 0.350. The van der Waals surface area contributed by atoms with Gasteiger partial charge in [-0.1, -0.05) is 42.5 Å². The van der Waals surface area contributed by atoms with Crippen LogP contribution in [0.15, 0.2) is 48.5 Å². The molecule has 1 heterocycles. The molecule has 28 heavy (non-hydrogen) atoms. The summed E-state index contributed by atoms with van der Waals surface area (Å²) in [6.07, 6.45) is -7.04. The van der Waals surface area contributed by atoms with Crippen LogP contribution in [0, 0.1) is 0 Å². The van der Waals surface area contributed by atoms with Crippen LogP contribution in [0.1, 0.15) is 5.56 Å². The quantitative estimate of drug-likeness (QED) is 0.470. The predicted octanol–water partition coefficient (Wildman–Crippen LogP) is 0.159. The van der Waals surface area contributed by atoms with Crippen molar-refractivity contribution in [1.29, 1.82) is 0 Å².